The zero-order chi connectivity index (χ0) is 12.0. The summed E-state index contributed by atoms with van der Waals surface area (Å²) in [6, 6.07) is 1.98. The number of hydrogen-bond donors (Lipinski definition) is 3. The second kappa shape index (κ2) is 6.39. The SMILES string of the molecule is CC(CCS(C)=O)Nc1ccnc(NN)n1. The van der Waals surface area contributed by atoms with Crippen LogP contribution in [0, 0.1) is 0 Å². The van der Waals surface area contributed by atoms with E-state index < -0.39 is 10.8 Å². The minimum Gasteiger partial charge on any atom is -0.367 e. The minimum absolute atomic E-state index is 0.212. The summed E-state index contributed by atoms with van der Waals surface area (Å²) in [5.74, 6) is 6.96. The average molecular weight is 243 g/mol. The monoisotopic (exact) mass is 243 g/mol. The number of aromatic nitrogens is 2. The van der Waals surface area contributed by atoms with Gasteiger partial charge in [-0.3, -0.25) is 9.63 Å². The van der Waals surface area contributed by atoms with Gasteiger partial charge in [0.05, 0.1) is 0 Å². The molecule has 4 N–H and O–H groups in total. The van der Waals surface area contributed by atoms with Crippen molar-refractivity contribution in [3.63, 3.8) is 0 Å². The fourth-order valence-electron chi connectivity index (χ4n) is 1.18. The van der Waals surface area contributed by atoms with Gasteiger partial charge in [-0.1, -0.05) is 0 Å². The maximum absolute atomic E-state index is 10.9. The number of anilines is 2. The van der Waals surface area contributed by atoms with Crippen molar-refractivity contribution in [2.75, 3.05) is 22.8 Å². The van der Waals surface area contributed by atoms with Crippen LogP contribution in [0.4, 0.5) is 11.8 Å². The van der Waals surface area contributed by atoms with E-state index in [0.717, 1.165) is 6.42 Å². The van der Waals surface area contributed by atoms with Crippen LogP contribution < -0.4 is 16.6 Å². The first kappa shape index (κ1) is 12.9. The fraction of sp³-hybridized carbons (Fsp3) is 0.556. The first-order valence-electron chi connectivity index (χ1n) is 4.98. The van der Waals surface area contributed by atoms with Crippen molar-refractivity contribution in [3.8, 4) is 0 Å². The largest absolute Gasteiger partial charge is 0.367 e. The first-order valence-corrected chi connectivity index (χ1v) is 6.70. The van der Waals surface area contributed by atoms with Crippen molar-refractivity contribution in [1.82, 2.24) is 9.97 Å². The van der Waals surface area contributed by atoms with Gasteiger partial charge in [0.25, 0.3) is 0 Å². The van der Waals surface area contributed by atoms with Crippen molar-refractivity contribution < 1.29 is 4.21 Å². The van der Waals surface area contributed by atoms with Crippen LogP contribution in [0.1, 0.15) is 13.3 Å². The number of nitrogen functional groups attached to an aromatic ring is 1. The molecular weight excluding hydrogens is 226 g/mol. The van der Waals surface area contributed by atoms with Crippen LogP contribution in [0.2, 0.25) is 0 Å². The summed E-state index contributed by atoms with van der Waals surface area (Å²) in [7, 11) is -0.755. The van der Waals surface area contributed by atoms with E-state index in [9.17, 15) is 4.21 Å². The molecule has 1 rings (SSSR count). The maximum Gasteiger partial charge on any atom is 0.239 e. The van der Waals surface area contributed by atoms with E-state index in [1.54, 1.807) is 18.5 Å². The predicted molar refractivity (Wildman–Crippen MR) is 66.5 cm³/mol. The molecule has 2 unspecified atom stereocenters. The summed E-state index contributed by atoms with van der Waals surface area (Å²) in [4.78, 5) is 8.03. The summed E-state index contributed by atoms with van der Waals surface area (Å²) in [5, 5.41) is 3.19. The Balaban J connectivity index is 2.48. The molecule has 0 bridgehead atoms. The highest BCUT2D eigenvalue weighted by Gasteiger charge is 2.04. The van der Waals surface area contributed by atoms with E-state index in [4.69, 9.17) is 5.84 Å². The number of hydrogen-bond acceptors (Lipinski definition) is 6. The second-order valence-electron chi connectivity index (χ2n) is 3.52. The standard InChI is InChI=1S/C9H17N5OS/c1-7(4-6-16(2)15)12-8-3-5-11-9(13-8)14-10/h3,5,7H,4,6,10H2,1-2H3,(H2,11,12,13,14). The molecule has 2 atom stereocenters. The number of hydrazine groups is 1. The lowest BCUT2D eigenvalue weighted by atomic mass is 10.2. The maximum atomic E-state index is 10.9. The van der Waals surface area contributed by atoms with Gasteiger partial charge in [0.15, 0.2) is 0 Å². The zero-order valence-electron chi connectivity index (χ0n) is 9.43. The predicted octanol–water partition coefficient (Wildman–Crippen LogP) is 0.331. The number of rotatable bonds is 6. The Morgan fingerprint density at radius 1 is 1.62 bits per heavy atom. The van der Waals surface area contributed by atoms with Crippen LogP contribution in [0.25, 0.3) is 0 Å². The quantitative estimate of drug-likeness (QED) is 0.492. The zero-order valence-corrected chi connectivity index (χ0v) is 10.3. The molecule has 1 aromatic heterocycles. The van der Waals surface area contributed by atoms with Crippen molar-refractivity contribution in [3.05, 3.63) is 12.3 Å². The van der Waals surface area contributed by atoms with Crippen molar-refractivity contribution >= 4 is 22.6 Å². The van der Waals surface area contributed by atoms with Gasteiger partial charge in [0.1, 0.15) is 5.82 Å². The summed E-state index contributed by atoms with van der Waals surface area (Å²) >= 11 is 0. The Bertz CT molecular complexity index is 360. The van der Waals surface area contributed by atoms with Crippen molar-refractivity contribution in [2.45, 2.75) is 19.4 Å². The van der Waals surface area contributed by atoms with E-state index >= 15 is 0 Å². The van der Waals surface area contributed by atoms with E-state index in [-0.39, 0.29) is 6.04 Å². The minimum atomic E-state index is -0.755. The van der Waals surface area contributed by atoms with E-state index in [1.807, 2.05) is 6.92 Å². The topological polar surface area (TPSA) is 92.9 Å². The third-order valence-corrected chi connectivity index (χ3v) is 2.83. The van der Waals surface area contributed by atoms with Gasteiger partial charge in [-0.05, 0) is 19.4 Å². The van der Waals surface area contributed by atoms with Gasteiger partial charge < -0.3 is 5.32 Å². The van der Waals surface area contributed by atoms with Crippen LogP contribution in [0.3, 0.4) is 0 Å². The molecule has 0 saturated carbocycles. The number of nitrogens with two attached hydrogens (primary N) is 1. The van der Waals surface area contributed by atoms with Gasteiger partial charge in [-0.25, -0.2) is 10.8 Å². The average Bonchev–Trinajstić information content (AvgIpc) is 2.26. The third kappa shape index (κ3) is 4.54. The molecule has 0 saturated heterocycles. The molecule has 0 fully saturated rings. The third-order valence-electron chi connectivity index (χ3n) is 2.02. The number of nitrogens with zero attached hydrogens (tertiary/aromatic N) is 2. The Morgan fingerprint density at radius 2 is 2.38 bits per heavy atom. The molecule has 0 amide bonds. The molecule has 1 aromatic rings. The highest BCUT2D eigenvalue weighted by Crippen LogP contribution is 2.07. The van der Waals surface area contributed by atoms with Crippen molar-refractivity contribution in [2.24, 2.45) is 5.84 Å². The molecule has 0 spiro atoms. The van der Waals surface area contributed by atoms with Crippen LogP contribution in [-0.4, -0.2) is 32.2 Å². The van der Waals surface area contributed by atoms with E-state index in [1.165, 1.54) is 0 Å². The van der Waals surface area contributed by atoms with Gasteiger partial charge in [0.2, 0.25) is 5.95 Å². The Labute approximate surface area is 97.5 Å². The van der Waals surface area contributed by atoms with Crippen LogP contribution in [-0.2, 0) is 10.8 Å². The molecule has 0 aliphatic rings. The summed E-state index contributed by atoms with van der Waals surface area (Å²) in [5.41, 5.74) is 2.38. The highest BCUT2D eigenvalue weighted by molar-refractivity contribution is 7.84. The van der Waals surface area contributed by atoms with Crippen LogP contribution in [0.15, 0.2) is 12.3 Å². The molecule has 0 aliphatic carbocycles. The fourth-order valence-corrected chi connectivity index (χ4v) is 1.86. The molecule has 90 valence electrons. The normalized spacial score (nSPS) is 14.2. The first-order chi connectivity index (χ1) is 7.61. The molecule has 0 aromatic carbocycles. The Morgan fingerprint density at radius 3 is 3.00 bits per heavy atom. The lowest BCUT2D eigenvalue weighted by Gasteiger charge is -2.13. The smallest absolute Gasteiger partial charge is 0.239 e. The highest BCUT2D eigenvalue weighted by atomic mass is 32.2. The summed E-state index contributed by atoms with van der Waals surface area (Å²) in [6.07, 6.45) is 4.15. The van der Waals surface area contributed by atoms with Crippen LogP contribution in [0.5, 0.6) is 0 Å². The lowest BCUT2D eigenvalue weighted by molar-refractivity contribution is 0.678. The Kier molecular flexibility index (Phi) is 5.13. The molecule has 0 radical (unpaired) electrons. The summed E-state index contributed by atoms with van der Waals surface area (Å²) < 4.78 is 10.9. The molecule has 1 heterocycles. The second-order valence-corrected chi connectivity index (χ2v) is 5.08. The van der Waals surface area contributed by atoms with E-state index in [2.05, 4.69) is 20.7 Å². The van der Waals surface area contributed by atoms with Gasteiger partial charge in [-0.15, -0.1) is 0 Å². The lowest BCUT2D eigenvalue weighted by Crippen LogP contribution is -2.19. The summed E-state index contributed by atoms with van der Waals surface area (Å²) in [6.45, 7) is 2.02. The van der Waals surface area contributed by atoms with Gasteiger partial charge in [-0.2, -0.15) is 4.98 Å². The molecule has 0 aliphatic heterocycles. The molecule has 6 nitrogen and oxygen atoms in total. The molecular formula is C9H17N5OS. The Hall–Kier alpha value is -1.21. The molecule has 16 heavy (non-hydrogen) atoms. The number of nitrogens with one attached hydrogen (secondary N) is 2. The van der Waals surface area contributed by atoms with Crippen molar-refractivity contribution in [1.29, 1.82) is 0 Å². The van der Waals surface area contributed by atoms with Gasteiger partial charge in [0, 0.05) is 35.0 Å². The molecule has 7 heteroatoms. The van der Waals surface area contributed by atoms with Gasteiger partial charge >= 0.3 is 0 Å². The van der Waals surface area contributed by atoms with Crippen LogP contribution >= 0.6 is 0 Å². The van der Waals surface area contributed by atoms with E-state index in [0.29, 0.717) is 17.5 Å².